The molecule has 0 aliphatic carbocycles. The van der Waals surface area contributed by atoms with Crippen molar-refractivity contribution in [3.05, 3.63) is 46.2 Å². The molecule has 4 heteroatoms. The molecular formula is C16H20N2O2. The molecule has 2 N–H and O–H groups in total. The molecule has 4 nitrogen and oxygen atoms in total. The molecule has 20 heavy (non-hydrogen) atoms. The van der Waals surface area contributed by atoms with Crippen molar-refractivity contribution in [2.24, 2.45) is 5.92 Å². The predicted molar refractivity (Wildman–Crippen MR) is 79.7 cm³/mol. The van der Waals surface area contributed by atoms with Gasteiger partial charge in [0.15, 0.2) is 0 Å². The monoisotopic (exact) mass is 272 g/mol. The number of rotatable bonds is 3. The molecule has 1 aromatic carbocycles. The number of nitrogens with zero attached hydrogens (tertiary/aromatic N) is 1. The molecule has 1 unspecified atom stereocenters. The molecule has 0 amide bonds. The molecule has 2 heterocycles. The molecule has 1 atom stereocenters. The van der Waals surface area contributed by atoms with Crippen LogP contribution in [0.4, 0.5) is 0 Å². The Kier molecular flexibility index (Phi) is 3.85. The largest absolute Gasteiger partial charge is 0.396 e. The molecular weight excluding hydrogens is 252 g/mol. The Bertz CT molecular complexity index is 650. The maximum absolute atomic E-state index is 12.1. The van der Waals surface area contributed by atoms with E-state index in [-0.39, 0.29) is 12.2 Å². The van der Waals surface area contributed by atoms with Gasteiger partial charge in [0.25, 0.3) is 5.56 Å². The highest BCUT2D eigenvalue weighted by molar-refractivity contribution is 5.78. The highest BCUT2D eigenvalue weighted by Crippen LogP contribution is 2.18. The number of likely N-dealkylation sites (tertiary alicyclic amines) is 1. The summed E-state index contributed by atoms with van der Waals surface area (Å²) in [5.41, 5.74) is 1.69. The predicted octanol–water partition coefficient (Wildman–Crippen LogP) is 1.73. The van der Waals surface area contributed by atoms with E-state index in [4.69, 9.17) is 0 Å². The van der Waals surface area contributed by atoms with Crippen LogP contribution >= 0.6 is 0 Å². The van der Waals surface area contributed by atoms with Crippen molar-refractivity contribution < 1.29 is 5.11 Å². The van der Waals surface area contributed by atoms with E-state index in [1.165, 1.54) is 0 Å². The lowest BCUT2D eigenvalue weighted by molar-refractivity contribution is 0.115. The van der Waals surface area contributed by atoms with E-state index in [0.717, 1.165) is 42.4 Å². The Morgan fingerprint density at radius 3 is 3.05 bits per heavy atom. The number of hydrogen-bond acceptors (Lipinski definition) is 3. The molecule has 2 aromatic rings. The SMILES string of the molecule is O=c1[nH]c2ccccc2cc1CN1CCCC(CO)C1. The van der Waals surface area contributed by atoms with E-state index in [1.54, 1.807) is 0 Å². The average Bonchev–Trinajstić information content (AvgIpc) is 2.48. The number of aromatic amines is 1. The highest BCUT2D eigenvalue weighted by atomic mass is 16.3. The van der Waals surface area contributed by atoms with Crippen LogP contribution in [0, 0.1) is 5.92 Å². The van der Waals surface area contributed by atoms with E-state index >= 15 is 0 Å². The van der Waals surface area contributed by atoms with E-state index in [2.05, 4.69) is 9.88 Å². The maximum atomic E-state index is 12.1. The van der Waals surface area contributed by atoms with Crippen LogP contribution < -0.4 is 5.56 Å². The fourth-order valence-electron chi connectivity index (χ4n) is 2.99. The number of benzene rings is 1. The minimum Gasteiger partial charge on any atom is -0.396 e. The number of fused-ring (bicyclic) bond motifs is 1. The average molecular weight is 272 g/mol. The van der Waals surface area contributed by atoms with Gasteiger partial charge in [0.05, 0.1) is 0 Å². The summed E-state index contributed by atoms with van der Waals surface area (Å²) in [6.45, 7) is 2.78. The Hall–Kier alpha value is -1.65. The van der Waals surface area contributed by atoms with Crippen LogP contribution in [0.5, 0.6) is 0 Å². The number of nitrogens with one attached hydrogen (secondary N) is 1. The molecule has 106 valence electrons. The van der Waals surface area contributed by atoms with Gasteiger partial charge in [-0.1, -0.05) is 18.2 Å². The van der Waals surface area contributed by atoms with Gasteiger partial charge in [0, 0.05) is 30.8 Å². The number of aliphatic hydroxyl groups is 1. The first-order valence-corrected chi connectivity index (χ1v) is 7.20. The summed E-state index contributed by atoms with van der Waals surface area (Å²) < 4.78 is 0. The van der Waals surface area contributed by atoms with E-state index in [9.17, 15) is 9.90 Å². The van der Waals surface area contributed by atoms with Crippen LogP contribution in [0.15, 0.2) is 35.1 Å². The summed E-state index contributed by atoms with van der Waals surface area (Å²) >= 11 is 0. The molecule has 0 saturated carbocycles. The van der Waals surface area contributed by atoms with Gasteiger partial charge in [-0.3, -0.25) is 9.69 Å². The summed E-state index contributed by atoms with van der Waals surface area (Å²) in [6.07, 6.45) is 2.18. The lowest BCUT2D eigenvalue weighted by Crippen LogP contribution is -2.37. The van der Waals surface area contributed by atoms with Gasteiger partial charge in [-0.2, -0.15) is 0 Å². The van der Waals surface area contributed by atoms with E-state index in [1.807, 2.05) is 30.3 Å². The van der Waals surface area contributed by atoms with Crippen molar-refractivity contribution in [2.45, 2.75) is 19.4 Å². The summed E-state index contributed by atoms with van der Waals surface area (Å²) in [5.74, 6) is 0.350. The number of H-pyrrole nitrogens is 1. The number of para-hydroxylation sites is 1. The minimum atomic E-state index is -0.00479. The minimum absolute atomic E-state index is 0.00479. The van der Waals surface area contributed by atoms with Crippen LogP contribution in [-0.2, 0) is 6.54 Å². The van der Waals surface area contributed by atoms with Gasteiger partial charge in [-0.15, -0.1) is 0 Å². The topological polar surface area (TPSA) is 56.3 Å². The fourth-order valence-corrected chi connectivity index (χ4v) is 2.99. The van der Waals surface area contributed by atoms with Crippen molar-refractivity contribution in [2.75, 3.05) is 19.7 Å². The first-order chi connectivity index (χ1) is 9.76. The lowest BCUT2D eigenvalue weighted by Gasteiger charge is -2.31. The Balaban J connectivity index is 1.83. The van der Waals surface area contributed by atoms with E-state index < -0.39 is 0 Å². The number of piperidine rings is 1. The molecule has 1 aliphatic rings. The molecule has 3 rings (SSSR count). The quantitative estimate of drug-likeness (QED) is 0.894. The van der Waals surface area contributed by atoms with Crippen molar-refractivity contribution in [1.82, 2.24) is 9.88 Å². The fraction of sp³-hybridized carbons (Fsp3) is 0.438. The van der Waals surface area contributed by atoms with Gasteiger partial charge in [0.1, 0.15) is 0 Å². The third-order valence-electron chi connectivity index (χ3n) is 4.09. The van der Waals surface area contributed by atoms with Gasteiger partial charge in [0.2, 0.25) is 0 Å². The Morgan fingerprint density at radius 2 is 2.20 bits per heavy atom. The van der Waals surface area contributed by atoms with Gasteiger partial charge < -0.3 is 10.1 Å². The summed E-state index contributed by atoms with van der Waals surface area (Å²) in [6, 6.07) is 9.82. The summed E-state index contributed by atoms with van der Waals surface area (Å²) in [7, 11) is 0. The number of aliphatic hydroxyl groups excluding tert-OH is 1. The first kappa shape index (κ1) is 13.3. The Morgan fingerprint density at radius 1 is 1.35 bits per heavy atom. The maximum Gasteiger partial charge on any atom is 0.252 e. The summed E-state index contributed by atoms with van der Waals surface area (Å²) in [4.78, 5) is 17.3. The molecule has 1 fully saturated rings. The first-order valence-electron chi connectivity index (χ1n) is 7.20. The second-order valence-electron chi connectivity index (χ2n) is 5.64. The summed E-state index contributed by atoms with van der Waals surface area (Å²) in [5, 5.41) is 10.3. The zero-order valence-corrected chi connectivity index (χ0v) is 11.5. The van der Waals surface area contributed by atoms with Crippen molar-refractivity contribution in [3.8, 4) is 0 Å². The van der Waals surface area contributed by atoms with Crippen molar-refractivity contribution in [1.29, 1.82) is 0 Å². The van der Waals surface area contributed by atoms with Crippen LogP contribution in [0.3, 0.4) is 0 Å². The normalized spacial score (nSPS) is 20.4. The van der Waals surface area contributed by atoms with Gasteiger partial charge >= 0.3 is 0 Å². The standard InChI is InChI=1S/C16H20N2O2/c19-11-12-4-3-7-18(9-12)10-14-8-13-5-1-2-6-15(13)17-16(14)20/h1-2,5-6,8,12,19H,3-4,7,9-11H2,(H,17,20). The molecule has 0 radical (unpaired) electrons. The molecule has 1 saturated heterocycles. The number of hydrogen-bond donors (Lipinski definition) is 2. The van der Waals surface area contributed by atoms with Crippen LogP contribution in [0.1, 0.15) is 18.4 Å². The van der Waals surface area contributed by atoms with Gasteiger partial charge in [-0.05, 0) is 42.8 Å². The molecule has 1 aliphatic heterocycles. The van der Waals surface area contributed by atoms with Crippen molar-refractivity contribution in [3.63, 3.8) is 0 Å². The van der Waals surface area contributed by atoms with Crippen LogP contribution in [0.2, 0.25) is 0 Å². The van der Waals surface area contributed by atoms with Crippen LogP contribution in [0.25, 0.3) is 10.9 Å². The zero-order chi connectivity index (χ0) is 13.9. The van der Waals surface area contributed by atoms with Gasteiger partial charge in [-0.25, -0.2) is 0 Å². The number of aromatic nitrogens is 1. The second kappa shape index (κ2) is 5.77. The molecule has 0 bridgehead atoms. The van der Waals surface area contributed by atoms with Crippen LogP contribution in [-0.4, -0.2) is 34.7 Å². The van der Waals surface area contributed by atoms with Crippen molar-refractivity contribution >= 4 is 10.9 Å². The second-order valence-corrected chi connectivity index (χ2v) is 5.64. The third kappa shape index (κ3) is 2.76. The Labute approximate surface area is 118 Å². The highest BCUT2D eigenvalue weighted by Gasteiger charge is 2.20. The smallest absolute Gasteiger partial charge is 0.252 e. The zero-order valence-electron chi connectivity index (χ0n) is 11.5. The lowest BCUT2D eigenvalue weighted by atomic mass is 9.98. The molecule has 1 aromatic heterocycles. The third-order valence-corrected chi connectivity index (χ3v) is 4.09. The number of pyridine rings is 1. The molecule has 0 spiro atoms. The van der Waals surface area contributed by atoms with E-state index in [0.29, 0.717) is 12.5 Å².